The van der Waals surface area contributed by atoms with Crippen molar-refractivity contribution in [2.75, 3.05) is 54.8 Å². The number of para-hydroxylation sites is 2. The lowest BCUT2D eigenvalue weighted by molar-refractivity contribution is -0.129. The predicted octanol–water partition coefficient (Wildman–Crippen LogP) is 2.34. The molecule has 30 heavy (non-hydrogen) atoms. The fourth-order valence-electron chi connectivity index (χ4n) is 3.41. The number of ether oxygens (including phenoxy) is 1. The lowest BCUT2D eigenvalue weighted by Crippen LogP contribution is -2.52. The molecule has 2 aromatic carbocycles. The zero-order valence-electron chi connectivity index (χ0n) is 17.1. The van der Waals surface area contributed by atoms with Crippen LogP contribution in [0.25, 0.3) is 0 Å². The molecule has 0 aromatic heterocycles. The number of hydrogen-bond donors (Lipinski definition) is 0. The summed E-state index contributed by atoms with van der Waals surface area (Å²) in [7, 11) is -3.69. The zero-order chi connectivity index (χ0) is 21.7. The molecular weight excluding hydrogens is 409 g/mol. The normalized spacial score (nSPS) is 14.5. The summed E-state index contributed by atoms with van der Waals surface area (Å²) in [6.45, 7) is 4.00. The fourth-order valence-corrected chi connectivity index (χ4v) is 4.26. The first kappa shape index (κ1) is 21.9. The van der Waals surface area contributed by atoms with Crippen molar-refractivity contribution in [1.29, 1.82) is 0 Å². The van der Waals surface area contributed by atoms with Crippen LogP contribution < -0.4 is 13.9 Å². The van der Waals surface area contributed by atoms with Gasteiger partial charge in [-0.05, 0) is 43.3 Å². The molecule has 1 saturated heterocycles. The van der Waals surface area contributed by atoms with Gasteiger partial charge in [0.2, 0.25) is 15.9 Å². The number of amides is 1. The van der Waals surface area contributed by atoms with Crippen molar-refractivity contribution < 1.29 is 22.3 Å². The number of carbonyl (C=O) groups excluding carboxylic acids is 1. The van der Waals surface area contributed by atoms with Crippen molar-refractivity contribution in [3.05, 3.63) is 54.3 Å². The highest BCUT2D eigenvalue weighted by atomic mass is 32.2. The van der Waals surface area contributed by atoms with Crippen molar-refractivity contribution in [3.8, 4) is 5.75 Å². The molecule has 162 valence electrons. The SMILES string of the molecule is CCOc1ccccc1N(CC(=O)N1CCN(c2ccc(F)cc2)CC1)S(C)(=O)=O. The molecular formula is C21H26FN3O4S. The molecule has 0 N–H and O–H groups in total. The van der Waals surface area contributed by atoms with Gasteiger partial charge in [-0.1, -0.05) is 12.1 Å². The van der Waals surface area contributed by atoms with E-state index in [1.54, 1.807) is 41.3 Å². The van der Waals surface area contributed by atoms with E-state index < -0.39 is 10.0 Å². The van der Waals surface area contributed by atoms with Gasteiger partial charge < -0.3 is 14.5 Å². The Morgan fingerprint density at radius 3 is 2.30 bits per heavy atom. The van der Waals surface area contributed by atoms with E-state index in [1.165, 1.54) is 12.1 Å². The Bertz CT molecular complexity index is 974. The van der Waals surface area contributed by atoms with E-state index in [0.29, 0.717) is 44.2 Å². The molecule has 2 aromatic rings. The van der Waals surface area contributed by atoms with Crippen molar-refractivity contribution in [2.45, 2.75) is 6.92 Å². The summed E-state index contributed by atoms with van der Waals surface area (Å²) in [5, 5.41) is 0. The summed E-state index contributed by atoms with van der Waals surface area (Å²) in [6.07, 6.45) is 1.08. The molecule has 1 amide bonds. The number of rotatable bonds is 7. The minimum atomic E-state index is -3.69. The van der Waals surface area contributed by atoms with Crippen LogP contribution in [0, 0.1) is 5.82 Å². The van der Waals surface area contributed by atoms with E-state index in [1.807, 2.05) is 6.92 Å². The Hall–Kier alpha value is -2.81. The molecule has 3 rings (SSSR count). The van der Waals surface area contributed by atoms with Crippen molar-refractivity contribution >= 4 is 27.3 Å². The third-order valence-electron chi connectivity index (χ3n) is 4.94. The highest BCUT2D eigenvalue weighted by molar-refractivity contribution is 7.92. The van der Waals surface area contributed by atoms with Crippen LogP contribution in [0.4, 0.5) is 15.8 Å². The Morgan fingerprint density at radius 2 is 1.70 bits per heavy atom. The van der Waals surface area contributed by atoms with Crippen molar-refractivity contribution in [2.24, 2.45) is 0 Å². The van der Waals surface area contributed by atoms with Gasteiger partial charge in [0.25, 0.3) is 0 Å². The molecule has 0 unspecified atom stereocenters. The van der Waals surface area contributed by atoms with Gasteiger partial charge >= 0.3 is 0 Å². The third kappa shape index (κ3) is 5.21. The van der Waals surface area contributed by atoms with E-state index >= 15 is 0 Å². The van der Waals surface area contributed by atoms with Crippen LogP contribution in [0.2, 0.25) is 0 Å². The van der Waals surface area contributed by atoms with E-state index in [2.05, 4.69) is 4.90 Å². The maximum absolute atomic E-state index is 13.1. The molecule has 0 aliphatic carbocycles. The van der Waals surface area contributed by atoms with Crippen molar-refractivity contribution in [1.82, 2.24) is 4.90 Å². The summed E-state index contributed by atoms with van der Waals surface area (Å²) in [5.74, 6) is -0.148. The van der Waals surface area contributed by atoms with Gasteiger partial charge in [-0.2, -0.15) is 0 Å². The molecule has 0 atom stereocenters. The topological polar surface area (TPSA) is 70.2 Å². The van der Waals surface area contributed by atoms with E-state index in [-0.39, 0.29) is 18.3 Å². The molecule has 0 radical (unpaired) electrons. The first-order valence-corrected chi connectivity index (χ1v) is 11.6. The quantitative estimate of drug-likeness (QED) is 0.668. The van der Waals surface area contributed by atoms with E-state index in [0.717, 1.165) is 16.2 Å². The van der Waals surface area contributed by atoms with Crippen LogP contribution in [-0.4, -0.2) is 64.8 Å². The van der Waals surface area contributed by atoms with Gasteiger partial charge in [0, 0.05) is 31.9 Å². The third-order valence-corrected chi connectivity index (χ3v) is 6.06. The first-order valence-electron chi connectivity index (χ1n) is 9.77. The van der Waals surface area contributed by atoms with Crippen LogP contribution in [0.15, 0.2) is 48.5 Å². The lowest BCUT2D eigenvalue weighted by atomic mass is 10.2. The van der Waals surface area contributed by atoms with Crippen LogP contribution in [0.5, 0.6) is 5.75 Å². The Kier molecular flexibility index (Phi) is 6.81. The highest BCUT2D eigenvalue weighted by Crippen LogP contribution is 2.30. The Balaban J connectivity index is 1.69. The van der Waals surface area contributed by atoms with Gasteiger partial charge in [-0.15, -0.1) is 0 Å². The number of hydrogen-bond acceptors (Lipinski definition) is 5. The molecule has 0 spiro atoms. The monoisotopic (exact) mass is 435 g/mol. The summed E-state index contributed by atoms with van der Waals surface area (Å²) in [5.41, 5.74) is 1.24. The standard InChI is InChI=1S/C21H26FN3O4S/c1-3-29-20-7-5-4-6-19(20)25(30(2,27)28)16-21(26)24-14-12-23(13-15-24)18-10-8-17(22)9-11-18/h4-11H,3,12-16H2,1-2H3. The number of carbonyl (C=O) groups is 1. The number of halogens is 1. The van der Waals surface area contributed by atoms with E-state index in [9.17, 15) is 17.6 Å². The van der Waals surface area contributed by atoms with Gasteiger partial charge in [-0.3, -0.25) is 9.10 Å². The molecule has 1 heterocycles. The van der Waals surface area contributed by atoms with Gasteiger partial charge in [0.15, 0.2) is 0 Å². The number of nitrogens with zero attached hydrogens (tertiary/aromatic N) is 3. The minimum absolute atomic E-state index is 0.273. The largest absolute Gasteiger partial charge is 0.492 e. The Labute approximate surface area is 176 Å². The molecule has 1 aliphatic rings. The molecule has 1 aliphatic heterocycles. The number of piperazine rings is 1. The summed E-state index contributed by atoms with van der Waals surface area (Å²) in [4.78, 5) is 16.6. The molecule has 1 fully saturated rings. The summed E-state index contributed by atoms with van der Waals surface area (Å²) in [6, 6.07) is 13.0. The van der Waals surface area contributed by atoms with Gasteiger partial charge in [-0.25, -0.2) is 12.8 Å². The highest BCUT2D eigenvalue weighted by Gasteiger charge is 2.28. The fraction of sp³-hybridized carbons (Fsp3) is 0.381. The summed E-state index contributed by atoms with van der Waals surface area (Å²) >= 11 is 0. The molecule has 7 nitrogen and oxygen atoms in total. The van der Waals surface area contributed by atoms with Crippen LogP contribution >= 0.6 is 0 Å². The number of anilines is 2. The van der Waals surface area contributed by atoms with Crippen LogP contribution in [-0.2, 0) is 14.8 Å². The molecule has 9 heteroatoms. The lowest BCUT2D eigenvalue weighted by Gasteiger charge is -2.37. The van der Waals surface area contributed by atoms with Gasteiger partial charge in [0.1, 0.15) is 18.1 Å². The average Bonchev–Trinajstić information content (AvgIpc) is 2.73. The number of benzene rings is 2. The summed E-state index contributed by atoms with van der Waals surface area (Å²) < 4.78 is 44.6. The zero-order valence-corrected chi connectivity index (χ0v) is 17.9. The van der Waals surface area contributed by atoms with Gasteiger partial charge in [0.05, 0.1) is 18.6 Å². The second-order valence-electron chi connectivity index (χ2n) is 7.01. The second kappa shape index (κ2) is 9.34. The average molecular weight is 436 g/mol. The molecule has 0 bridgehead atoms. The first-order chi connectivity index (χ1) is 14.3. The Morgan fingerprint density at radius 1 is 1.07 bits per heavy atom. The van der Waals surface area contributed by atoms with E-state index in [4.69, 9.17) is 4.74 Å². The maximum atomic E-state index is 13.1. The minimum Gasteiger partial charge on any atom is -0.492 e. The van der Waals surface area contributed by atoms with Crippen LogP contribution in [0.3, 0.4) is 0 Å². The second-order valence-corrected chi connectivity index (χ2v) is 8.92. The number of sulfonamides is 1. The van der Waals surface area contributed by atoms with Crippen molar-refractivity contribution in [3.63, 3.8) is 0 Å². The molecule has 0 saturated carbocycles. The van der Waals surface area contributed by atoms with Crippen LogP contribution in [0.1, 0.15) is 6.92 Å². The predicted molar refractivity (Wildman–Crippen MR) is 115 cm³/mol. The maximum Gasteiger partial charge on any atom is 0.243 e. The smallest absolute Gasteiger partial charge is 0.243 e.